The van der Waals surface area contributed by atoms with Gasteiger partial charge in [0.05, 0.1) is 5.41 Å². The molecule has 0 aliphatic carbocycles. The van der Waals surface area contributed by atoms with Gasteiger partial charge < -0.3 is 20.2 Å². The molecular weight excluding hydrogens is 661 g/mol. The van der Waals surface area contributed by atoms with Crippen molar-refractivity contribution in [3.63, 3.8) is 0 Å². The van der Waals surface area contributed by atoms with Crippen molar-refractivity contribution in [2.75, 3.05) is 31.1 Å². The van der Waals surface area contributed by atoms with Crippen molar-refractivity contribution < 1.29 is 78.0 Å². The van der Waals surface area contributed by atoms with Gasteiger partial charge in [0.1, 0.15) is 5.82 Å². The average molecular weight is 686 g/mol. The molecule has 2 saturated heterocycles. The van der Waals surface area contributed by atoms with Gasteiger partial charge in [-0.15, -0.1) is 0 Å². The highest BCUT2D eigenvalue weighted by Gasteiger charge is 2.59. The summed E-state index contributed by atoms with van der Waals surface area (Å²) in [6.45, 7) is 2.55. The third kappa shape index (κ3) is 12.6. The molecule has 1 unspecified atom stereocenters. The number of hydrogen-bond acceptors (Lipinski definition) is 7. The number of halogens is 11. The molecule has 3 N–H and O–H groups in total. The topological polar surface area (TPSA) is 144 Å². The lowest BCUT2D eigenvalue weighted by Crippen LogP contribution is -2.56. The number of hydrogen-bond donors (Lipinski definition) is 3. The summed E-state index contributed by atoms with van der Waals surface area (Å²) in [7, 11) is 0. The van der Waals surface area contributed by atoms with Gasteiger partial charge in [-0.25, -0.2) is 28.1 Å². The second-order valence-corrected chi connectivity index (χ2v) is 9.57. The van der Waals surface area contributed by atoms with Crippen molar-refractivity contribution >= 4 is 23.7 Å². The van der Waals surface area contributed by atoms with Crippen LogP contribution in [0, 0.1) is 5.41 Å². The molecule has 2 aromatic rings. The highest BCUT2D eigenvalue weighted by Crippen LogP contribution is 2.50. The Bertz CT molecular complexity index is 1220. The number of pyridine rings is 2. The van der Waals surface area contributed by atoms with E-state index in [0.29, 0.717) is 39.1 Å². The Hall–Kier alpha value is -4.30. The van der Waals surface area contributed by atoms with E-state index in [2.05, 4.69) is 14.9 Å². The lowest BCUT2D eigenvalue weighted by Gasteiger charge is -2.46. The smallest absolute Gasteiger partial charge is 0.475 e. The first kappa shape index (κ1) is 39.7. The third-order valence-corrected chi connectivity index (χ3v) is 6.25. The van der Waals surface area contributed by atoms with Gasteiger partial charge in [-0.1, -0.05) is 6.07 Å². The normalized spacial score (nSPS) is 19.4. The molecule has 0 aromatic carbocycles. The summed E-state index contributed by atoms with van der Waals surface area (Å²) in [4.78, 5) is 39.2. The SMILES string of the molecule is FC1(F)CCN(Cc2ccncc2)CC12CCN(c1ccccn1)C2.O=C(O)C(F)(F)F.O=C(O)C(F)(F)F.O=C(O)C(F)(F)F. The Kier molecular flexibility index (Phi) is 13.7. The summed E-state index contributed by atoms with van der Waals surface area (Å²) < 4.78 is 125. The molecule has 2 aromatic heterocycles. The molecule has 10 nitrogen and oxygen atoms in total. The molecule has 2 fully saturated rings. The number of aliphatic carboxylic acids is 3. The fraction of sp³-hybridized carbons (Fsp3) is 0.480. The standard InChI is InChI=1S/C19H22F2N4.3C2HF3O2/c20-19(21)7-11-24(13-16-4-9-22-10-5-16)14-18(19)6-12-25(15-18)17-3-1-2-8-23-17;3*3-2(4,5)1(6)7/h1-5,8-10H,6-7,11-15H2;3*(H,6,7). The highest BCUT2D eigenvalue weighted by atomic mass is 19.4. The first-order valence-corrected chi connectivity index (χ1v) is 12.5. The van der Waals surface area contributed by atoms with Gasteiger partial charge in [-0.2, -0.15) is 39.5 Å². The van der Waals surface area contributed by atoms with Gasteiger partial charge in [-0.3, -0.25) is 9.88 Å². The summed E-state index contributed by atoms with van der Waals surface area (Å²) in [5.74, 6) is -10.1. The largest absolute Gasteiger partial charge is 0.490 e. The Labute approximate surface area is 252 Å². The van der Waals surface area contributed by atoms with Crippen LogP contribution in [-0.4, -0.2) is 98.7 Å². The maximum absolute atomic E-state index is 14.9. The Morgan fingerprint density at radius 1 is 0.717 bits per heavy atom. The molecule has 46 heavy (non-hydrogen) atoms. The molecule has 0 saturated carbocycles. The second-order valence-electron chi connectivity index (χ2n) is 9.57. The number of rotatable bonds is 3. The van der Waals surface area contributed by atoms with E-state index in [0.717, 1.165) is 11.4 Å². The summed E-state index contributed by atoms with van der Waals surface area (Å²) >= 11 is 0. The number of carbonyl (C=O) groups is 3. The molecule has 4 rings (SSSR count). The number of nitrogens with zero attached hydrogens (tertiary/aromatic N) is 4. The van der Waals surface area contributed by atoms with Crippen LogP contribution < -0.4 is 4.90 Å². The van der Waals surface area contributed by atoms with E-state index in [1.54, 1.807) is 18.6 Å². The summed E-state index contributed by atoms with van der Waals surface area (Å²) in [6, 6.07) is 9.56. The first-order chi connectivity index (χ1) is 20.9. The number of anilines is 1. The molecule has 0 bridgehead atoms. The van der Waals surface area contributed by atoms with Gasteiger partial charge in [0.2, 0.25) is 0 Å². The lowest BCUT2D eigenvalue weighted by molar-refractivity contribution is -0.193. The van der Waals surface area contributed by atoms with Crippen molar-refractivity contribution in [1.29, 1.82) is 0 Å². The zero-order valence-corrected chi connectivity index (χ0v) is 23.1. The fourth-order valence-electron chi connectivity index (χ4n) is 4.10. The molecule has 0 amide bonds. The van der Waals surface area contributed by atoms with Crippen LogP contribution in [0.4, 0.5) is 54.1 Å². The minimum Gasteiger partial charge on any atom is -0.475 e. The Morgan fingerprint density at radius 3 is 1.61 bits per heavy atom. The predicted molar refractivity (Wildman–Crippen MR) is 134 cm³/mol. The van der Waals surface area contributed by atoms with Crippen LogP contribution in [0.25, 0.3) is 0 Å². The zero-order valence-electron chi connectivity index (χ0n) is 23.1. The van der Waals surface area contributed by atoms with Crippen molar-refractivity contribution in [2.45, 2.75) is 43.8 Å². The molecule has 2 aliphatic heterocycles. The summed E-state index contributed by atoms with van der Waals surface area (Å²) in [5, 5.41) is 21.4. The number of likely N-dealkylation sites (tertiary alicyclic amines) is 1. The van der Waals surface area contributed by atoms with Gasteiger partial charge in [0.15, 0.2) is 0 Å². The van der Waals surface area contributed by atoms with E-state index in [1.807, 2.05) is 35.2 Å². The Balaban J connectivity index is 0.000000413. The van der Waals surface area contributed by atoms with E-state index in [-0.39, 0.29) is 6.42 Å². The summed E-state index contributed by atoms with van der Waals surface area (Å²) in [6.07, 6.45) is -9.60. The van der Waals surface area contributed by atoms with Crippen LogP contribution in [0.2, 0.25) is 0 Å². The van der Waals surface area contributed by atoms with Crippen LogP contribution in [0.1, 0.15) is 18.4 Å². The number of carboxylic acid groups (broad SMARTS) is 3. The van der Waals surface area contributed by atoms with Crippen molar-refractivity contribution in [3.05, 3.63) is 54.5 Å². The molecule has 1 atom stereocenters. The van der Waals surface area contributed by atoms with Crippen molar-refractivity contribution in [3.8, 4) is 0 Å². The number of carboxylic acids is 3. The van der Waals surface area contributed by atoms with Crippen LogP contribution in [-0.2, 0) is 20.9 Å². The first-order valence-electron chi connectivity index (χ1n) is 12.5. The molecule has 258 valence electrons. The number of aromatic nitrogens is 2. The van der Waals surface area contributed by atoms with Gasteiger partial charge >= 0.3 is 36.4 Å². The van der Waals surface area contributed by atoms with Crippen molar-refractivity contribution in [2.24, 2.45) is 5.41 Å². The third-order valence-electron chi connectivity index (χ3n) is 6.25. The van der Waals surface area contributed by atoms with Gasteiger partial charge in [-0.05, 0) is 36.2 Å². The van der Waals surface area contributed by atoms with Crippen LogP contribution in [0.5, 0.6) is 0 Å². The van der Waals surface area contributed by atoms with Crippen molar-refractivity contribution in [1.82, 2.24) is 14.9 Å². The van der Waals surface area contributed by atoms with E-state index in [9.17, 15) is 48.3 Å². The van der Waals surface area contributed by atoms with E-state index < -0.39 is 47.8 Å². The van der Waals surface area contributed by atoms with E-state index in [4.69, 9.17) is 29.7 Å². The maximum atomic E-state index is 14.9. The zero-order chi connectivity index (χ0) is 35.6. The van der Waals surface area contributed by atoms with Crippen LogP contribution in [0.15, 0.2) is 48.9 Å². The molecule has 21 heteroatoms. The molecule has 0 radical (unpaired) electrons. The Morgan fingerprint density at radius 2 is 1.20 bits per heavy atom. The minimum absolute atomic E-state index is 0.0753. The molecule has 2 aliphatic rings. The van der Waals surface area contributed by atoms with E-state index in [1.165, 1.54) is 0 Å². The average Bonchev–Trinajstić information content (AvgIpc) is 3.37. The highest BCUT2D eigenvalue weighted by molar-refractivity contribution is 5.73. The molecule has 4 heterocycles. The number of piperidine rings is 1. The van der Waals surface area contributed by atoms with Gasteiger partial charge in [0, 0.05) is 57.7 Å². The number of alkyl halides is 11. The van der Waals surface area contributed by atoms with Crippen LogP contribution >= 0.6 is 0 Å². The fourth-order valence-corrected chi connectivity index (χ4v) is 4.10. The van der Waals surface area contributed by atoms with E-state index >= 15 is 0 Å². The second kappa shape index (κ2) is 15.8. The van der Waals surface area contributed by atoms with Gasteiger partial charge in [0.25, 0.3) is 5.92 Å². The monoisotopic (exact) mass is 686 g/mol. The minimum atomic E-state index is -5.08. The summed E-state index contributed by atoms with van der Waals surface area (Å²) in [5.41, 5.74) is 0.130. The molecular formula is C25H25F11N4O6. The predicted octanol–water partition coefficient (Wildman–Crippen LogP) is 5.11. The quantitative estimate of drug-likeness (QED) is 0.373. The molecule has 1 spiro atoms. The lowest BCUT2D eigenvalue weighted by atomic mass is 9.75. The van der Waals surface area contributed by atoms with Crippen LogP contribution in [0.3, 0.4) is 0 Å². The maximum Gasteiger partial charge on any atom is 0.490 e.